The van der Waals surface area contributed by atoms with E-state index in [0.29, 0.717) is 11.8 Å². The third kappa shape index (κ3) is 3.32. The minimum atomic E-state index is 0.327. The zero-order valence-corrected chi connectivity index (χ0v) is 12.1. The first kappa shape index (κ1) is 14.7. The van der Waals surface area contributed by atoms with Gasteiger partial charge in [-0.3, -0.25) is 0 Å². The van der Waals surface area contributed by atoms with Gasteiger partial charge in [0.15, 0.2) is 0 Å². The van der Waals surface area contributed by atoms with Crippen molar-refractivity contribution in [1.29, 1.82) is 0 Å². The lowest BCUT2D eigenvalue weighted by molar-refractivity contribution is 0.610. The second-order valence-corrected chi connectivity index (χ2v) is 5.19. The number of aromatic nitrogens is 2. The summed E-state index contributed by atoms with van der Waals surface area (Å²) in [5.74, 6) is 8.17. The summed E-state index contributed by atoms with van der Waals surface area (Å²) in [4.78, 5) is 10.9. The van der Waals surface area contributed by atoms with Crippen molar-refractivity contribution in [1.82, 2.24) is 9.97 Å². The van der Waals surface area contributed by atoms with Crippen molar-refractivity contribution >= 4 is 11.6 Å². The van der Waals surface area contributed by atoms with E-state index in [4.69, 9.17) is 5.84 Å². The van der Waals surface area contributed by atoms with Gasteiger partial charge in [0.2, 0.25) is 0 Å². The van der Waals surface area contributed by atoms with Gasteiger partial charge in [0.05, 0.1) is 0 Å². The van der Waals surface area contributed by atoms with Crippen LogP contribution in [0, 0.1) is 5.92 Å². The Labute approximate surface area is 110 Å². The van der Waals surface area contributed by atoms with Crippen molar-refractivity contribution in [2.75, 3.05) is 23.4 Å². The molecule has 0 aliphatic carbocycles. The van der Waals surface area contributed by atoms with Gasteiger partial charge in [0.1, 0.15) is 18.0 Å². The molecule has 102 valence electrons. The standard InChI is InChI=1S/C13H25N5/c1-6-18(7-9(2)3)13-11(10(4)5)12(17-14)15-8-16-13/h8-10H,6-7,14H2,1-5H3,(H,15,16,17). The summed E-state index contributed by atoms with van der Waals surface area (Å²) in [6, 6.07) is 0. The fraction of sp³-hybridized carbons (Fsp3) is 0.692. The Bertz CT molecular complexity index is 376. The Hall–Kier alpha value is -1.36. The molecule has 3 N–H and O–H groups in total. The molecule has 1 aromatic heterocycles. The normalized spacial score (nSPS) is 11.1. The van der Waals surface area contributed by atoms with Crippen molar-refractivity contribution in [2.24, 2.45) is 11.8 Å². The van der Waals surface area contributed by atoms with Crippen LogP contribution in [0.3, 0.4) is 0 Å². The topological polar surface area (TPSA) is 67.1 Å². The maximum Gasteiger partial charge on any atom is 0.148 e. The first-order chi connectivity index (χ1) is 8.51. The van der Waals surface area contributed by atoms with Crippen molar-refractivity contribution in [2.45, 2.75) is 40.5 Å². The van der Waals surface area contributed by atoms with Crippen LogP contribution in [0.25, 0.3) is 0 Å². The Balaban J connectivity index is 3.20. The van der Waals surface area contributed by atoms with E-state index in [1.54, 1.807) is 6.33 Å². The largest absolute Gasteiger partial charge is 0.356 e. The van der Waals surface area contributed by atoms with Crippen LogP contribution in [0.1, 0.15) is 46.1 Å². The highest BCUT2D eigenvalue weighted by atomic mass is 15.3. The van der Waals surface area contributed by atoms with E-state index in [1.807, 2.05) is 0 Å². The molecule has 18 heavy (non-hydrogen) atoms. The highest BCUT2D eigenvalue weighted by Crippen LogP contribution is 2.30. The van der Waals surface area contributed by atoms with Gasteiger partial charge in [-0.2, -0.15) is 0 Å². The molecule has 0 saturated carbocycles. The Morgan fingerprint density at radius 3 is 2.39 bits per heavy atom. The van der Waals surface area contributed by atoms with E-state index >= 15 is 0 Å². The number of hydrazine groups is 1. The predicted molar refractivity (Wildman–Crippen MR) is 76.7 cm³/mol. The smallest absolute Gasteiger partial charge is 0.148 e. The monoisotopic (exact) mass is 251 g/mol. The molecule has 0 aliphatic heterocycles. The minimum absolute atomic E-state index is 0.327. The molecule has 5 nitrogen and oxygen atoms in total. The third-order valence-electron chi connectivity index (χ3n) is 2.84. The zero-order chi connectivity index (χ0) is 13.7. The molecule has 0 aliphatic rings. The number of nitrogens with two attached hydrogens (primary N) is 1. The fourth-order valence-corrected chi connectivity index (χ4v) is 2.09. The molecule has 1 heterocycles. The van der Waals surface area contributed by atoms with Crippen molar-refractivity contribution in [3.8, 4) is 0 Å². The summed E-state index contributed by atoms with van der Waals surface area (Å²) in [5, 5.41) is 0. The Morgan fingerprint density at radius 1 is 1.28 bits per heavy atom. The number of nitrogens with one attached hydrogen (secondary N) is 1. The van der Waals surface area contributed by atoms with Crippen LogP contribution in [0.4, 0.5) is 11.6 Å². The summed E-state index contributed by atoms with van der Waals surface area (Å²) in [6.45, 7) is 12.7. The number of anilines is 2. The Kier molecular flexibility index (Phi) is 5.34. The molecular weight excluding hydrogens is 226 g/mol. The molecule has 5 heteroatoms. The average molecular weight is 251 g/mol. The molecule has 0 fully saturated rings. The van der Waals surface area contributed by atoms with E-state index in [0.717, 1.165) is 30.3 Å². The lowest BCUT2D eigenvalue weighted by atomic mass is 10.0. The molecule has 0 amide bonds. The average Bonchev–Trinajstić information content (AvgIpc) is 2.34. The highest BCUT2D eigenvalue weighted by Gasteiger charge is 2.19. The van der Waals surface area contributed by atoms with Crippen molar-refractivity contribution in [3.63, 3.8) is 0 Å². The molecule has 0 saturated heterocycles. The first-order valence-electron chi connectivity index (χ1n) is 6.57. The number of hydrogen-bond donors (Lipinski definition) is 2. The molecule has 0 spiro atoms. The van der Waals surface area contributed by atoms with E-state index < -0.39 is 0 Å². The summed E-state index contributed by atoms with van der Waals surface area (Å²) in [6.07, 6.45) is 1.57. The lowest BCUT2D eigenvalue weighted by Crippen LogP contribution is -2.30. The molecule has 0 atom stereocenters. The van der Waals surface area contributed by atoms with Gasteiger partial charge in [0, 0.05) is 18.7 Å². The molecule has 0 unspecified atom stereocenters. The SMILES string of the molecule is CCN(CC(C)C)c1ncnc(NN)c1C(C)C. The van der Waals surface area contributed by atoms with Crippen LogP contribution in [0.2, 0.25) is 0 Å². The predicted octanol–water partition coefficient (Wildman–Crippen LogP) is 2.37. The molecule has 0 aromatic carbocycles. The number of nitrogens with zero attached hydrogens (tertiary/aromatic N) is 3. The van der Waals surface area contributed by atoms with Gasteiger partial charge >= 0.3 is 0 Å². The summed E-state index contributed by atoms with van der Waals surface area (Å²) in [7, 11) is 0. The van der Waals surface area contributed by atoms with E-state index in [9.17, 15) is 0 Å². The van der Waals surface area contributed by atoms with E-state index in [2.05, 4.69) is 54.9 Å². The second kappa shape index (κ2) is 6.54. The number of nitrogen functional groups attached to an aromatic ring is 1. The molecule has 0 radical (unpaired) electrons. The fourth-order valence-electron chi connectivity index (χ4n) is 2.09. The highest BCUT2D eigenvalue weighted by molar-refractivity contribution is 5.59. The second-order valence-electron chi connectivity index (χ2n) is 5.19. The maximum absolute atomic E-state index is 5.54. The van der Waals surface area contributed by atoms with Crippen LogP contribution in [0.15, 0.2) is 6.33 Å². The van der Waals surface area contributed by atoms with Gasteiger partial charge < -0.3 is 10.3 Å². The van der Waals surface area contributed by atoms with E-state index in [-0.39, 0.29) is 0 Å². The molecular formula is C13H25N5. The summed E-state index contributed by atoms with van der Waals surface area (Å²) in [5.41, 5.74) is 3.76. The van der Waals surface area contributed by atoms with Gasteiger partial charge in [-0.25, -0.2) is 15.8 Å². The van der Waals surface area contributed by atoms with E-state index in [1.165, 1.54) is 0 Å². The van der Waals surface area contributed by atoms with Gasteiger partial charge in [-0.1, -0.05) is 27.7 Å². The lowest BCUT2D eigenvalue weighted by Gasteiger charge is -2.28. The van der Waals surface area contributed by atoms with Crippen molar-refractivity contribution in [3.05, 3.63) is 11.9 Å². The quantitative estimate of drug-likeness (QED) is 0.600. The van der Waals surface area contributed by atoms with Gasteiger partial charge in [-0.05, 0) is 18.8 Å². The molecule has 1 rings (SSSR count). The van der Waals surface area contributed by atoms with Gasteiger partial charge in [-0.15, -0.1) is 0 Å². The Morgan fingerprint density at radius 2 is 1.94 bits per heavy atom. The van der Waals surface area contributed by atoms with Crippen LogP contribution >= 0.6 is 0 Å². The third-order valence-corrected chi connectivity index (χ3v) is 2.84. The zero-order valence-electron chi connectivity index (χ0n) is 12.1. The van der Waals surface area contributed by atoms with Crippen molar-refractivity contribution < 1.29 is 0 Å². The molecule has 0 bridgehead atoms. The van der Waals surface area contributed by atoms with Crippen LogP contribution in [0.5, 0.6) is 0 Å². The minimum Gasteiger partial charge on any atom is -0.356 e. The van der Waals surface area contributed by atoms with Crippen LogP contribution < -0.4 is 16.2 Å². The first-order valence-corrected chi connectivity index (χ1v) is 6.57. The summed E-state index contributed by atoms with van der Waals surface area (Å²) < 4.78 is 0. The number of rotatable bonds is 6. The maximum atomic E-state index is 5.54. The molecule has 1 aromatic rings. The number of hydrogen-bond acceptors (Lipinski definition) is 5. The van der Waals surface area contributed by atoms with Gasteiger partial charge in [0.25, 0.3) is 0 Å². The van der Waals surface area contributed by atoms with Crippen LogP contribution in [-0.4, -0.2) is 23.1 Å². The van der Waals surface area contributed by atoms with Crippen LogP contribution in [-0.2, 0) is 0 Å². The summed E-state index contributed by atoms with van der Waals surface area (Å²) >= 11 is 0.